The van der Waals surface area contributed by atoms with E-state index in [1.165, 1.54) is 0 Å². The molecular weight excluding hydrogens is 320 g/mol. The number of hydrogen-bond donors (Lipinski definition) is 0. The first-order valence-corrected chi connectivity index (χ1v) is 10.8. The number of terminal acetylenes is 1. The van der Waals surface area contributed by atoms with E-state index in [1.54, 1.807) is 0 Å². The molecule has 0 aliphatic rings. The molecule has 2 rings (SSSR count). The van der Waals surface area contributed by atoms with E-state index < -0.39 is 8.32 Å². The monoisotopic (exact) mass is 346 g/mol. The molecule has 2 heteroatoms. The van der Waals surface area contributed by atoms with E-state index >= 15 is 0 Å². The zero-order valence-electron chi connectivity index (χ0n) is 15.5. The lowest BCUT2D eigenvalue weighted by Crippen LogP contribution is -2.44. The van der Waals surface area contributed by atoms with Crippen LogP contribution in [0.4, 0.5) is 0 Å². The Kier molecular flexibility index (Phi) is 6.65. The molecule has 0 fully saturated rings. The Balaban J connectivity index is 2.42. The molecule has 0 heterocycles. The van der Waals surface area contributed by atoms with E-state index in [2.05, 4.69) is 45.1 Å². The van der Waals surface area contributed by atoms with Gasteiger partial charge in [-0.2, -0.15) is 0 Å². The van der Waals surface area contributed by atoms with Crippen LogP contribution >= 0.6 is 0 Å². The van der Waals surface area contributed by atoms with Crippen molar-refractivity contribution in [3.63, 3.8) is 0 Å². The van der Waals surface area contributed by atoms with Crippen LogP contribution in [0.25, 0.3) is 0 Å². The molecule has 0 aliphatic heterocycles. The lowest BCUT2D eigenvalue weighted by atomic mass is 10.1. The van der Waals surface area contributed by atoms with E-state index in [9.17, 15) is 0 Å². The van der Waals surface area contributed by atoms with Crippen molar-refractivity contribution in [1.29, 1.82) is 0 Å². The Bertz CT molecular complexity index is 752. The maximum atomic E-state index is 6.65. The summed E-state index contributed by atoms with van der Waals surface area (Å²) in [5, 5.41) is 0. The van der Waals surface area contributed by atoms with Crippen molar-refractivity contribution in [2.75, 3.05) is 0 Å². The van der Waals surface area contributed by atoms with Crippen LogP contribution in [0.1, 0.15) is 44.9 Å². The average Bonchev–Trinajstić information content (AvgIpc) is 2.63. The van der Waals surface area contributed by atoms with Gasteiger partial charge in [0.1, 0.15) is 6.10 Å². The van der Waals surface area contributed by atoms with Gasteiger partial charge in [-0.3, -0.25) is 0 Å². The predicted molar refractivity (Wildman–Crippen MR) is 108 cm³/mol. The van der Waals surface area contributed by atoms with Crippen LogP contribution in [0.2, 0.25) is 11.1 Å². The highest BCUT2D eigenvalue weighted by molar-refractivity contribution is 6.84. The van der Waals surface area contributed by atoms with Gasteiger partial charge in [-0.1, -0.05) is 93.6 Å². The zero-order chi connectivity index (χ0) is 18.3. The molecule has 1 nitrogen and oxygen atoms in total. The van der Waals surface area contributed by atoms with Gasteiger partial charge in [0.25, 0.3) is 8.32 Å². The summed E-state index contributed by atoms with van der Waals surface area (Å²) >= 11 is 0. The highest BCUT2D eigenvalue weighted by atomic mass is 28.4. The molecule has 2 aromatic rings. The fourth-order valence-electron chi connectivity index (χ4n) is 2.97. The van der Waals surface area contributed by atoms with Crippen LogP contribution in [-0.4, -0.2) is 8.32 Å². The molecule has 128 valence electrons. The SMILES string of the molecule is C#C[C@H](O[Si](C#Cc1ccccc1)(C(C)C)C(C)C)c1ccccc1. The molecule has 25 heavy (non-hydrogen) atoms. The van der Waals surface area contributed by atoms with Crippen molar-refractivity contribution in [1.82, 2.24) is 0 Å². The van der Waals surface area contributed by atoms with Gasteiger partial charge in [0, 0.05) is 5.56 Å². The standard InChI is InChI=1S/C23H26OSi/c1-6-23(22-15-11-8-12-16-22)24-25(19(2)3,20(4)5)18-17-21-13-9-7-10-14-21/h1,7-16,19-20,23H,2-5H3/t23-/m0/s1. The van der Waals surface area contributed by atoms with Crippen LogP contribution in [0.15, 0.2) is 60.7 Å². The molecule has 0 bridgehead atoms. The van der Waals surface area contributed by atoms with Gasteiger partial charge >= 0.3 is 0 Å². The van der Waals surface area contributed by atoms with Crippen molar-refractivity contribution in [2.45, 2.75) is 44.9 Å². The summed E-state index contributed by atoms with van der Waals surface area (Å²) in [4.78, 5) is 0. The van der Waals surface area contributed by atoms with Crippen LogP contribution < -0.4 is 0 Å². The van der Waals surface area contributed by atoms with Crippen molar-refractivity contribution >= 4 is 8.32 Å². The summed E-state index contributed by atoms with van der Waals surface area (Å²) in [6.07, 6.45) is 5.46. The topological polar surface area (TPSA) is 9.23 Å². The first-order valence-electron chi connectivity index (χ1n) is 8.76. The van der Waals surface area contributed by atoms with Gasteiger partial charge in [0.05, 0.1) is 0 Å². The van der Waals surface area contributed by atoms with Crippen molar-refractivity contribution in [3.05, 3.63) is 71.8 Å². The van der Waals surface area contributed by atoms with Crippen LogP contribution in [-0.2, 0) is 4.43 Å². The summed E-state index contributed by atoms with van der Waals surface area (Å²) in [7, 11) is -2.40. The normalized spacial score (nSPS) is 12.4. The molecule has 2 aromatic carbocycles. The van der Waals surface area contributed by atoms with E-state index in [1.807, 2.05) is 60.7 Å². The lowest BCUT2D eigenvalue weighted by Gasteiger charge is -2.36. The van der Waals surface area contributed by atoms with E-state index in [0.29, 0.717) is 11.1 Å². The molecule has 0 saturated carbocycles. The van der Waals surface area contributed by atoms with Gasteiger partial charge in [0.2, 0.25) is 0 Å². The summed E-state index contributed by atoms with van der Waals surface area (Å²) in [5.74, 6) is 6.17. The fraction of sp³-hybridized carbons (Fsp3) is 0.304. The molecule has 0 unspecified atom stereocenters. The number of rotatable bonds is 5. The van der Waals surface area contributed by atoms with E-state index in [0.717, 1.165) is 11.1 Å². The van der Waals surface area contributed by atoms with Crippen LogP contribution in [0.3, 0.4) is 0 Å². The minimum atomic E-state index is -2.40. The zero-order valence-corrected chi connectivity index (χ0v) is 16.5. The second-order valence-electron chi connectivity index (χ2n) is 6.79. The van der Waals surface area contributed by atoms with Crippen molar-refractivity contribution in [2.24, 2.45) is 0 Å². The molecule has 0 saturated heterocycles. The van der Waals surface area contributed by atoms with E-state index in [-0.39, 0.29) is 6.10 Å². The maximum Gasteiger partial charge on any atom is 0.279 e. The Morgan fingerprint density at radius 1 is 0.840 bits per heavy atom. The predicted octanol–water partition coefficient (Wildman–Crippen LogP) is 5.73. The Hall–Kier alpha value is -2.26. The van der Waals surface area contributed by atoms with Gasteiger partial charge in [-0.05, 0) is 28.8 Å². The fourth-order valence-corrected chi connectivity index (χ4v) is 6.42. The summed E-state index contributed by atoms with van der Waals surface area (Å²) in [6.45, 7) is 8.80. The Morgan fingerprint density at radius 2 is 1.36 bits per heavy atom. The first kappa shape index (κ1) is 19.1. The Morgan fingerprint density at radius 3 is 1.84 bits per heavy atom. The second-order valence-corrected chi connectivity index (χ2v) is 11.2. The van der Waals surface area contributed by atoms with Gasteiger partial charge in [-0.25, -0.2) is 0 Å². The second kappa shape index (κ2) is 8.72. The van der Waals surface area contributed by atoms with Crippen molar-refractivity contribution < 1.29 is 4.43 Å². The molecular formula is C23H26OSi. The number of hydrogen-bond acceptors (Lipinski definition) is 1. The first-order chi connectivity index (χ1) is 12.0. The lowest BCUT2D eigenvalue weighted by molar-refractivity contribution is 0.244. The molecule has 0 spiro atoms. The molecule has 0 aliphatic carbocycles. The average molecular weight is 347 g/mol. The van der Waals surface area contributed by atoms with Gasteiger partial charge in [0.15, 0.2) is 0 Å². The molecule has 0 aromatic heterocycles. The Labute approximate surface area is 153 Å². The summed E-state index contributed by atoms with van der Waals surface area (Å²) < 4.78 is 6.65. The minimum absolute atomic E-state index is 0.336. The third-order valence-corrected chi connectivity index (χ3v) is 9.03. The van der Waals surface area contributed by atoms with Crippen molar-refractivity contribution in [3.8, 4) is 23.8 Å². The molecule has 0 N–H and O–H groups in total. The quantitative estimate of drug-likeness (QED) is 0.496. The molecule has 1 atom stereocenters. The van der Waals surface area contributed by atoms with Crippen LogP contribution in [0.5, 0.6) is 0 Å². The summed E-state index contributed by atoms with van der Waals surface area (Å²) in [6, 6.07) is 20.1. The van der Waals surface area contributed by atoms with Gasteiger partial charge < -0.3 is 4.43 Å². The van der Waals surface area contributed by atoms with E-state index in [4.69, 9.17) is 10.8 Å². The highest BCUT2D eigenvalue weighted by Gasteiger charge is 2.43. The molecule has 0 amide bonds. The smallest absolute Gasteiger partial charge is 0.279 e. The summed E-state index contributed by atoms with van der Waals surface area (Å²) in [5.41, 5.74) is 6.26. The third kappa shape index (κ3) is 4.64. The highest BCUT2D eigenvalue weighted by Crippen LogP contribution is 2.37. The number of benzene rings is 2. The van der Waals surface area contributed by atoms with Gasteiger partial charge in [-0.15, -0.1) is 6.42 Å². The minimum Gasteiger partial charge on any atom is -0.387 e. The largest absolute Gasteiger partial charge is 0.387 e. The van der Waals surface area contributed by atoms with Crippen LogP contribution in [0, 0.1) is 23.8 Å². The molecule has 0 radical (unpaired) electrons. The third-order valence-electron chi connectivity index (χ3n) is 4.46. The maximum absolute atomic E-state index is 6.65.